The van der Waals surface area contributed by atoms with E-state index in [9.17, 15) is 8.42 Å². The summed E-state index contributed by atoms with van der Waals surface area (Å²) in [5.74, 6) is 0.0500. The van der Waals surface area contributed by atoms with E-state index in [1.807, 2.05) is 0 Å². The van der Waals surface area contributed by atoms with E-state index in [0.717, 1.165) is 0 Å². The van der Waals surface area contributed by atoms with E-state index < -0.39 is 9.84 Å². The standard InChI is InChI=1S/C6H10N2O2S2/c7-1-4-12(9,10)5-6-8-2-3-11-6/h2-3H,1,4-5,7H2. The smallest absolute Gasteiger partial charge is 0.158 e. The van der Waals surface area contributed by atoms with E-state index >= 15 is 0 Å². The summed E-state index contributed by atoms with van der Waals surface area (Å²) in [7, 11) is -3.03. The highest BCUT2D eigenvalue weighted by Gasteiger charge is 2.11. The fourth-order valence-corrected chi connectivity index (χ4v) is 2.93. The molecule has 0 atom stereocenters. The van der Waals surface area contributed by atoms with Crippen LogP contribution in [0.25, 0.3) is 0 Å². The van der Waals surface area contributed by atoms with Gasteiger partial charge in [0.1, 0.15) is 10.8 Å². The Bertz CT molecular complexity index is 317. The molecule has 0 fully saturated rings. The zero-order chi connectivity index (χ0) is 9.03. The fraction of sp³-hybridized carbons (Fsp3) is 0.500. The summed E-state index contributed by atoms with van der Waals surface area (Å²) >= 11 is 1.34. The molecule has 4 nitrogen and oxygen atoms in total. The lowest BCUT2D eigenvalue weighted by Crippen LogP contribution is -2.17. The van der Waals surface area contributed by atoms with Gasteiger partial charge in [-0.2, -0.15) is 0 Å². The second-order valence-corrected chi connectivity index (χ2v) is 5.47. The quantitative estimate of drug-likeness (QED) is 0.753. The van der Waals surface area contributed by atoms with Gasteiger partial charge in [-0.05, 0) is 0 Å². The molecule has 1 heterocycles. The predicted molar refractivity (Wildman–Crippen MR) is 48.7 cm³/mol. The predicted octanol–water partition coefficient (Wildman–Crippen LogP) is 0.0166. The van der Waals surface area contributed by atoms with Crippen LogP contribution >= 0.6 is 11.3 Å². The summed E-state index contributed by atoms with van der Waals surface area (Å²) in [4.78, 5) is 3.88. The molecule has 0 bridgehead atoms. The van der Waals surface area contributed by atoms with Crippen molar-refractivity contribution >= 4 is 21.2 Å². The van der Waals surface area contributed by atoms with E-state index in [-0.39, 0.29) is 18.1 Å². The van der Waals surface area contributed by atoms with Crippen molar-refractivity contribution in [1.82, 2.24) is 4.98 Å². The average molecular weight is 206 g/mol. The Balaban J connectivity index is 2.63. The van der Waals surface area contributed by atoms with Gasteiger partial charge in [-0.1, -0.05) is 0 Å². The molecule has 2 N–H and O–H groups in total. The summed E-state index contributed by atoms with van der Waals surface area (Å²) in [6.45, 7) is 0.174. The van der Waals surface area contributed by atoms with E-state index in [1.165, 1.54) is 11.3 Å². The minimum Gasteiger partial charge on any atom is -0.329 e. The SMILES string of the molecule is NCCS(=O)(=O)Cc1nccs1. The van der Waals surface area contributed by atoms with Gasteiger partial charge in [-0.15, -0.1) is 11.3 Å². The second kappa shape index (κ2) is 3.97. The van der Waals surface area contributed by atoms with E-state index in [1.54, 1.807) is 11.6 Å². The van der Waals surface area contributed by atoms with Gasteiger partial charge < -0.3 is 5.73 Å². The monoisotopic (exact) mass is 206 g/mol. The first kappa shape index (κ1) is 9.63. The third-order valence-corrected chi connectivity index (χ3v) is 3.79. The molecule has 0 spiro atoms. The number of hydrogen-bond acceptors (Lipinski definition) is 5. The first-order chi connectivity index (χ1) is 5.64. The minimum atomic E-state index is -3.03. The zero-order valence-electron chi connectivity index (χ0n) is 6.43. The van der Waals surface area contributed by atoms with Crippen molar-refractivity contribution in [3.63, 3.8) is 0 Å². The highest BCUT2D eigenvalue weighted by molar-refractivity contribution is 7.90. The van der Waals surface area contributed by atoms with Crippen molar-refractivity contribution in [3.8, 4) is 0 Å². The molecular formula is C6H10N2O2S2. The maximum Gasteiger partial charge on any atom is 0.158 e. The third-order valence-electron chi connectivity index (χ3n) is 1.26. The molecule has 0 aromatic carbocycles. The highest BCUT2D eigenvalue weighted by Crippen LogP contribution is 2.08. The number of aromatic nitrogens is 1. The Morgan fingerprint density at radius 1 is 1.58 bits per heavy atom. The van der Waals surface area contributed by atoms with Crippen LogP contribution in [-0.4, -0.2) is 25.7 Å². The van der Waals surface area contributed by atoms with Crippen LogP contribution in [0, 0.1) is 0 Å². The molecule has 0 aliphatic carbocycles. The Kier molecular flexibility index (Phi) is 3.19. The largest absolute Gasteiger partial charge is 0.329 e. The molecule has 1 aromatic heterocycles. The Hall–Kier alpha value is -0.460. The Morgan fingerprint density at radius 3 is 2.83 bits per heavy atom. The molecule has 1 rings (SSSR count). The summed E-state index contributed by atoms with van der Waals surface area (Å²) in [6, 6.07) is 0. The van der Waals surface area contributed by atoms with Crippen LogP contribution in [0.2, 0.25) is 0 Å². The van der Waals surface area contributed by atoms with Gasteiger partial charge in [0.05, 0.1) is 5.75 Å². The maximum absolute atomic E-state index is 11.2. The molecule has 0 amide bonds. The number of rotatable bonds is 4. The first-order valence-corrected chi connectivity index (χ1v) is 6.13. The van der Waals surface area contributed by atoms with Crippen molar-refractivity contribution < 1.29 is 8.42 Å². The van der Waals surface area contributed by atoms with Gasteiger partial charge in [-0.3, -0.25) is 0 Å². The van der Waals surface area contributed by atoms with Crippen molar-refractivity contribution in [2.24, 2.45) is 5.73 Å². The molecule has 12 heavy (non-hydrogen) atoms. The van der Waals surface area contributed by atoms with Crippen LogP contribution in [-0.2, 0) is 15.6 Å². The van der Waals surface area contributed by atoms with Gasteiger partial charge >= 0.3 is 0 Å². The lowest BCUT2D eigenvalue weighted by Gasteiger charge is -1.97. The molecule has 0 radical (unpaired) electrons. The van der Waals surface area contributed by atoms with E-state index in [4.69, 9.17) is 5.73 Å². The summed E-state index contributed by atoms with van der Waals surface area (Å²) in [5, 5.41) is 2.39. The van der Waals surface area contributed by atoms with Crippen LogP contribution in [0.1, 0.15) is 5.01 Å². The summed E-state index contributed by atoms with van der Waals surface area (Å²) in [5.41, 5.74) is 5.15. The maximum atomic E-state index is 11.2. The van der Waals surface area contributed by atoms with Crippen LogP contribution in [0.4, 0.5) is 0 Å². The average Bonchev–Trinajstić information content (AvgIpc) is 2.38. The molecule has 1 aromatic rings. The van der Waals surface area contributed by atoms with Crippen LogP contribution in [0.5, 0.6) is 0 Å². The first-order valence-electron chi connectivity index (χ1n) is 3.43. The van der Waals surface area contributed by atoms with Crippen LogP contribution in [0.3, 0.4) is 0 Å². The van der Waals surface area contributed by atoms with Crippen LogP contribution < -0.4 is 5.73 Å². The van der Waals surface area contributed by atoms with E-state index in [2.05, 4.69) is 4.98 Å². The fourth-order valence-electron chi connectivity index (χ4n) is 0.764. The van der Waals surface area contributed by atoms with Gasteiger partial charge in [0, 0.05) is 18.1 Å². The Labute approximate surface area is 75.4 Å². The molecule has 0 aliphatic heterocycles. The minimum absolute atomic E-state index is 0.0157. The summed E-state index contributed by atoms with van der Waals surface area (Å²) < 4.78 is 22.4. The van der Waals surface area contributed by atoms with E-state index in [0.29, 0.717) is 5.01 Å². The van der Waals surface area contributed by atoms with Crippen molar-refractivity contribution in [2.75, 3.05) is 12.3 Å². The topological polar surface area (TPSA) is 73.1 Å². The molecule has 68 valence electrons. The van der Waals surface area contributed by atoms with Crippen molar-refractivity contribution in [2.45, 2.75) is 5.75 Å². The molecule has 0 saturated heterocycles. The second-order valence-electron chi connectivity index (χ2n) is 2.31. The normalized spacial score (nSPS) is 11.8. The van der Waals surface area contributed by atoms with Gasteiger partial charge in [0.25, 0.3) is 0 Å². The third kappa shape index (κ3) is 2.88. The van der Waals surface area contributed by atoms with Gasteiger partial charge in [-0.25, -0.2) is 13.4 Å². The number of nitrogens with two attached hydrogens (primary N) is 1. The van der Waals surface area contributed by atoms with Gasteiger partial charge in [0.2, 0.25) is 0 Å². The van der Waals surface area contributed by atoms with Crippen LogP contribution in [0.15, 0.2) is 11.6 Å². The van der Waals surface area contributed by atoms with Crippen molar-refractivity contribution in [1.29, 1.82) is 0 Å². The molecule has 0 unspecified atom stereocenters. The number of hydrogen-bond donors (Lipinski definition) is 1. The lowest BCUT2D eigenvalue weighted by molar-refractivity contribution is 0.595. The lowest BCUT2D eigenvalue weighted by atomic mass is 10.8. The Morgan fingerprint density at radius 2 is 2.33 bits per heavy atom. The summed E-state index contributed by atoms with van der Waals surface area (Å²) in [6.07, 6.45) is 1.60. The zero-order valence-corrected chi connectivity index (χ0v) is 8.07. The number of thiazole rings is 1. The molecule has 6 heteroatoms. The molecule has 0 aliphatic rings. The van der Waals surface area contributed by atoms with Gasteiger partial charge in [0.15, 0.2) is 9.84 Å². The number of sulfone groups is 1. The highest BCUT2D eigenvalue weighted by atomic mass is 32.2. The van der Waals surface area contributed by atoms with Crippen molar-refractivity contribution in [3.05, 3.63) is 16.6 Å². The molecular weight excluding hydrogens is 196 g/mol. The number of nitrogens with zero attached hydrogens (tertiary/aromatic N) is 1. The molecule has 0 saturated carbocycles.